The van der Waals surface area contributed by atoms with Crippen molar-refractivity contribution < 1.29 is 14.3 Å². The summed E-state index contributed by atoms with van der Waals surface area (Å²) >= 11 is 0. The summed E-state index contributed by atoms with van der Waals surface area (Å²) in [6.45, 7) is 6.38. The summed E-state index contributed by atoms with van der Waals surface area (Å²) in [7, 11) is 0. The van der Waals surface area contributed by atoms with Gasteiger partial charge < -0.3 is 14.8 Å². The van der Waals surface area contributed by atoms with Crippen molar-refractivity contribution in [3.05, 3.63) is 0 Å². The van der Waals surface area contributed by atoms with Crippen LogP contribution < -0.4 is 5.32 Å². The lowest BCUT2D eigenvalue weighted by Gasteiger charge is -2.28. The highest BCUT2D eigenvalue weighted by molar-refractivity contribution is 5.69. The number of carbonyl (C=O) groups excluding carboxylic acids is 1. The molecular weight excluding hydrogens is 230 g/mol. The molecule has 1 rings (SSSR count). The molecule has 0 aromatic rings. The zero-order chi connectivity index (χ0) is 13.2. The van der Waals surface area contributed by atoms with E-state index in [-0.39, 0.29) is 5.97 Å². The number of rotatable bonds is 8. The van der Waals surface area contributed by atoms with E-state index in [4.69, 9.17) is 9.47 Å². The standard InChI is InChI=1S/C14H27NO3/c1-3-17-14(16)7-5-4-6-9-15-13-8-10-18-12(2)11-13/h12-13,15H,3-11H2,1-2H3. The van der Waals surface area contributed by atoms with Gasteiger partial charge in [-0.25, -0.2) is 0 Å². The van der Waals surface area contributed by atoms with Gasteiger partial charge in [-0.05, 0) is 46.1 Å². The van der Waals surface area contributed by atoms with E-state index in [1.807, 2.05) is 6.92 Å². The molecule has 4 heteroatoms. The third kappa shape index (κ3) is 6.97. The van der Waals surface area contributed by atoms with Crippen LogP contribution in [0.1, 0.15) is 52.4 Å². The smallest absolute Gasteiger partial charge is 0.305 e. The second kappa shape index (κ2) is 9.34. The van der Waals surface area contributed by atoms with E-state index < -0.39 is 0 Å². The molecule has 0 spiro atoms. The van der Waals surface area contributed by atoms with Gasteiger partial charge in [0.15, 0.2) is 0 Å². The normalized spacial score (nSPS) is 23.9. The Kier molecular flexibility index (Phi) is 8.01. The van der Waals surface area contributed by atoms with Gasteiger partial charge in [0, 0.05) is 19.1 Å². The summed E-state index contributed by atoms with van der Waals surface area (Å²) in [4.78, 5) is 11.1. The van der Waals surface area contributed by atoms with Gasteiger partial charge in [-0.3, -0.25) is 4.79 Å². The zero-order valence-electron chi connectivity index (χ0n) is 11.7. The number of hydrogen-bond acceptors (Lipinski definition) is 4. The van der Waals surface area contributed by atoms with Crippen molar-refractivity contribution in [3.8, 4) is 0 Å². The Hall–Kier alpha value is -0.610. The second-order valence-electron chi connectivity index (χ2n) is 4.97. The number of hydrogen-bond donors (Lipinski definition) is 1. The van der Waals surface area contributed by atoms with E-state index in [1.54, 1.807) is 0 Å². The van der Waals surface area contributed by atoms with Crippen LogP contribution in [-0.4, -0.2) is 37.9 Å². The lowest BCUT2D eigenvalue weighted by Crippen LogP contribution is -2.38. The molecule has 0 saturated carbocycles. The first-order chi connectivity index (χ1) is 8.72. The van der Waals surface area contributed by atoms with E-state index in [0.29, 0.717) is 25.2 Å². The molecule has 1 heterocycles. The average Bonchev–Trinajstić information content (AvgIpc) is 2.34. The van der Waals surface area contributed by atoms with Crippen molar-refractivity contribution in [1.29, 1.82) is 0 Å². The monoisotopic (exact) mass is 257 g/mol. The van der Waals surface area contributed by atoms with Gasteiger partial charge in [-0.2, -0.15) is 0 Å². The molecule has 1 saturated heterocycles. The van der Waals surface area contributed by atoms with E-state index in [0.717, 1.165) is 45.3 Å². The van der Waals surface area contributed by atoms with Crippen LogP contribution in [0.5, 0.6) is 0 Å². The highest BCUT2D eigenvalue weighted by atomic mass is 16.5. The van der Waals surface area contributed by atoms with Gasteiger partial charge in [-0.15, -0.1) is 0 Å². The second-order valence-corrected chi connectivity index (χ2v) is 4.97. The maximum atomic E-state index is 11.1. The molecule has 1 aliphatic heterocycles. The summed E-state index contributed by atoms with van der Waals surface area (Å²) in [5.74, 6) is -0.0660. The van der Waals surface area contributed by atoms with Crippen molar-refractivity contribution in [2.45, 2.75) is 64.5 Å². The van der Waals surface area contributed by atoms with Gasteiger partial charge in [0.1, 0.15) is 0 Å². The van der Waals surface area contributed by atoms with Crippen LogP contribution in [0.3, 0.4) is 0 Å². The first-order valence-corrected chi connectivity index (χ1v) is 7.23. The topological polar surface area (TPSA) is 47.6 Å². The Morgan fingerprint density at radius 1 is 1.39 bits per heavy atom. The fourth-order valence-electron chi connectivity index (χ4n) is 2.29. The summed E-state index contributed by atoms with van der Waals surface area (Å²) in [6.07, 6.45) is 6.33. The van der Waals surface area contributed by atoms with Crippen molar-refractivity contribution >= 4 is 5.97 Å². The van der Waals surface area contributed by atoms with Crippen LogP contribution in [-0.2, 0) is 14.3 Å². The molecule has 4 nitrogen and oxygen atoms in total. The largest absolute Gasteiger partial charge is 0.466 e. The molecule has 0 aromatic carbocycles. The minimum atomic E-state index is -0.0660. The van der Waals surface area contributed by atoms with E-state index in [2.05, 4.69) is 12.2 Å². The molecule has 2 atom stereocenters. The minimum Gasteiger partial charge on any atom is -0.466 e. The zero-order valence-corrected chi connectivity index (χ0v) is 11.7. The Balaban J connectivity index is 1.90. The van der Waals surface area contributed by atoms with Crippen molar-refractivity contribution in [2.75, 3.05) is 19.8 Å². The molecule has 0 bridgehead atoms. The van der Waals surface area contributed by atoms with Gasteiger partial charge in [0.25, 0.3) is 0 Å². The van der Waals surface area contributed by atoms with Gasteiger partial charge in [0.2, 0.25) is 0 Å². The van der Waals surface area contributed by atoms with Gasteiger partial charge in [0.05, 0.1) is 12.7 Å². The predicted molar refractivity (Wildman–Crippen MR) is 71.5 cm³/mol. The van der Waals surface area contributed by atoms with E-state index in [1.165, 1.54) is 0 Å². The summed E-state index contributed by atoms with van der Waals surface area (Å²) in [5.41, 5.74) is 0. The van der Waals surface area contributed by atoms with Crippen molar-refractivity contribution in [3.63, 3.8) is 0 Å². The molecule has 18 heavy (non-hydrogen) atoms. The fourth-order valence-corrected chi connectivity index (χ4v) is 2.29. The molecule has 0 aliphatic carbocycles. The molecule has 2 unspecified atom stereocenters. The van der Waals surface area contributed by atoms with E-state index in [9.17, 15) is 4.79 Å². The Morgan fingerprint density at radius 2 is 2.22 bits per heavy atom. The Morgan fingerprint density at radius 3 is 2.94 bits per heavy atom. The molecule has 0 amide bonds. The number of ether oxygens (including phenoxy) is 2. The van der Waals surface area contributed by atoms with Crippen LogP contribution in [0.15, 0.2) is 0 Å². The third-order valence-corrected chi connectivity index (χ3v) is 3.28. The Labute approximate surface area is 110 Å². The van der Waals surface area contributed by atoms with Crippen molar-refractivity contribution in [1.82, 2.24) is 5.32 Å². The quantitative estimate of drug-likeness (QED) is 0.535. The van der Waals surface area contributed by atoms with Crippen molar-refractivity contribution in [2.24, 2.45) is 0 Å². The highest BCUT2D eigenvalue weighted by Gasteiger charge is 2.18. The lowest BCUT2D eigenvalue weighted by molar-refractivity contribution is -0.143. The lowest BCUT2D eigenvalue weighted by atomic mass is 10.0. The first-order valence-electron chi connectivity index (χ1n) is 7.23. The van der Waals surface area contributed by atoms with Gasteiger partial charge in [-0.1, -0.05) is 6.42 Å². The first kappa shape index (κ1) is 15.4. The van der Waals surface area contributed by atoms with Crippen LogP contribution in [0.4, 0.5) is 0 Å². The fraction of sp³-hybridized carbons (Fsp3) is 0.929. The molecule has 1 N–H and O–H groups in total. The number of esters is 1. The molecular formula is C14H27NO3. The SMILES string of the molecule is CCOC(=O)CCCCCNC1CCOC(C)C1. The van der Waals surface area contributed by atoms with Gasteiger partial charge >= 0.3 is 5.97 Å². The van der Waals surface area contributed by atoms with Crippen LogP contribution in [0, 0.1) is 0 Å². The summed E-state index contributed by atoms with van der Waals surface area (Å²) < 4.78 is 10.4. The molecule has 0 radical (unpaired) electrons. The maximum Gasteiger partial charge on any atom is 0.305 e. The third-order valence-electron chi connectivity index (χ3n) is 3.28. The number of nitrogens with one attached hydrogen (secondary N) is 1. The molecule has 1 fully saturated rings. The molecule has 1 aliphatic rings. The molecule has 106 valence electrons. The highest BCUT2D eigenvalue weighted by Crippen LogP contribution is 2.13. The number of carbonyl (C=O) groups is 1. The van der Waals surface area contributed by atoms with Crippen LogP contribution in [0.2, 0.25) is 0 Å². The van der Waals surface area contributed by atoms with Crippen LogP contribution in [0.25, 0.3) is 0 Å². The van der Waals surface area contributed by atoms with Crippen LogP contribution >= 0.6 is 0 Å². The molecule has 0 aromatic heterocycles. The predicted octanol–water partition coefficient (Wildman–Crippen LogP) is 2.27. The Bertz CT molecular complexity index is 233. The maximum absolute atomic E-state index is 11.1. The van der Waals surface area contributed by atoms with E-state index >= 15 is 0 Å². The average molecular weight is 257 g/mol. The number of unbranched alkanes of at least 4 members (excludes halogenated alkanes) is 2. The summed E-state index contributed by atoms with van der Waals surface area (Å²) in [5, 5.41) is 3.57. The summed E-state index contributed by atoms with van der Waals surface area (Å²) in [6, 6.07) is 0.610. The minimum absolute atomic E-state index is 0.0660.